The Balaban J connectivity index is 1.47. The Kier molecular flexibility index (Phi) is 6.42. The van der Waals surface area contributed by atoms with Crippen LogP contribution in [0, 0.1) is 0 Å². The highest BCUT2D eigenvalue weighted by Crippen LogP contribution is 2.20. The molecule has 1 aliphatic heterocycles. The van der Waals surface area contributed by atoms with Gasteiger partial charge >= 0.3 is 0 Å². The molecule has 1 aliphatic rings. The van der Waals surface area contributed by atoms with Crippen molar-refractivity contribution in [2.24, 2.45) is 0 Å². The Morgan fingerprint density at radius 1 is 0.885 bits per heavy atom. The van der Waals surface area contributed by atoms with Crippen molar-refractivity contribution in [1.82, 2.24) is 15.1 Å². The van der Waals surface area contributed by atoms with Crippen molar-refractivity contribution in [3.05, 3.63) is 60.2 Å². The molecule has 0 saturated carbocycles. The van der Waals surface area contributed by atoms with Crippen LogP contribution in [0.2, 0.25) is 0 Å². The molecular weight excluding hydrogens is 322 g/mol. The fourth-order valence-corrected chi connectivity index (χ4v) is 3.37. The number of carbonyl (C=O) groups is 1. The fourth-order valence-electron chi connectivity index (χ4n) is 3.37. The third kappa shape index (κ3) is 5.41. The highest BCUT2D eigenvalue weighted by atomic mass is 16.2. The average Bonchev–Trinajstić information content (AvgIpc) is 2.64. The van der Waals surface area contributed by atoms with Gasteiger partial charge < -0.3 is 5.32 Å². The predicted octanol–water partition coefficient (Wildman–Crippen LogP) is 3.00. The van der Waals surface area contributed by atoms with E-state index < -0.39 is 0 Å². The zero-order valence-corrected chi connectivity index (χ0v) is 15.8. The molecule has 1 N–H and O–H groups in total. The van der Waals surface area contributed by atoms with Gasteiger partial charge in [-0.25, -0.2) is 0 Å². The van der Waals surface area contributed by atoms with Crippen LogP contribution >= 0.6 is 0 Å². The topological polar surface area (TPSA) is 35.6 Å². The third-order valence-electron chi connectivity index (χ3n) is 4.75. The summed E-state index contributed by atoms with van der Waals surface area (Å²) in [6, 6.07) is 19.6. The van der Waals surface area contributed by atoms with Gasteiger partial charge in [-0.2, -0.15) is 0 Å². The maximum absolute atomic E-state index is 11.9. The lowest BCUT2D eigenvalue weighted by molar-refractivity contribution is -0.123. The molecule has 0 bridgehead atoms. The molecule has 2 aromatic rings. The molecule has 1 saturated heterocycles. The van der Waals surface area contributed by atoms with E-state index >= 15 is 0 Å². The summed E-state index contributed by atoms with van der Waals surface area (Å²) >= 11 is 0. The zero-order valence-electron chi connectivity index (χ0n) is 15.8. The summed E-state index contributed by atoms with van der Waals surface area (Å²) in [5.41, 5.74) is 3.86. The molecule has 1 amide bonds. The van der Waals surface area contributed by atoms with Gasteiger partial charge in [0.15, 0.2) is 0 Å². The summed E-state index contributed by atoms with van der Waals surface area (Å²) in [6.07, 6.45) is 0. The Bertz CT molecular complexity index is 689. The van der Waals surface area contributed by atoms with E-state index in [1.807, 2.05) is 19.9 Å². The number of rotatable bonds is 6. The van der Waals surface area contributed by atoms with Crippen molar-refractivity contribution in [2.75, 3.05) is 32.7 Å². The van der Waals surface area contributed by atoms with E-state index in [-0.39, 0.29) is 11.9 Å². The third-order valence-corrected chi connectivity index (χ3v) is 4.75. The minimum absolute atomic E-state index is 0.130. The number of piperazine rings is 1. The van der Waals surface area contributed by atoms with Crippen LogP contribution in [0.15, 0.2) is 54.6 Å². The number of hydrogen-bond acceptors (Lipinski definition) is 3. The van der Waals surface area contributed by atoms with Crippen LogP contribution in [0.4, 0.5) is 0 Å². The normalized spacial score (nSPS) is 16.0. The quantitative estimate of drug-likeness (QED) is 0.869. The first kappa shape index (κ1) is 18.6. The van der Waals surface area contributed by atoms with Crippen molar-refractivity contribution in [1.29, 1.82) is 0 Å². The first-order valence-corrected chi connectivity index (χ1v) is 9.48. The molecule has 2 aromatic carbocycles. The molecule has 0 unspecified atom stereocenters. The van der Waals surface area contributed by atoms with Crippen molar-refractivity contribution in [3.8, 4) is 11.1 Å². The summed E-state index contributed by atoms with van der Waals surface area (Å²) in [4.78, 5) is 16.6. The standard InChI is InChI=1S/C22H29N3O/c1-18(2)23-22(26)17-25-14-12-24(13-15-25)16-19-8-10-21(11-9-19)20-6-4-3-5-7-20/h3-11,18H,12-17H2,1-2H3,(H,23,26). The fraction of sp³-hybridized carbons (Fsp3) is 0.409. The smallest absolute Gasteiger partial charge is 0.234 e. The van der Waals surface area contributed by atoms with Gasteiger partial charge in [-0.1, -0.05) is 54.6 Å². The van der Waals surface area contributed by atoms with Crippen LogP contribution in [0.3, 0.4) is 0 Å². The van der Waals surface area contributed by atoms with Gasteiger partial charge in [0.2, 0.25) is 5.91 Å². The maximum Gasteiger partial charge on any atom is 0.234 e. The van der Waals surface area contributed by atoms with Crippen LogP contribution in [-0.2, 0) is 11.3 Å². The largest absolute Gasteiger partial charge is 0.353 e. The number of nitrogens with zero attached hydrogens (tertiary/aromatic N) is 2. The van der Waals surface area contributed by atoms with E-state index in [0.717, 1.165) is 32.7 Å². The molecule has 0 aliphatic carbocycles. The lowest BCUT2D eigenvalue weighted by Crippen LogP contribution is -2.49. The van der Waals surface area contributed by atoms with Crippen LogP contribution < -0.4 is 5.32 Å². The zero-order chi connectivity index (χ0) is 18.4. The Labute approximate surface area is 156 Å². The minimum atomic E-state index is 0.130. The minimum Gasteiger partial charge on any atom is -0.353 e. The lowest BCUT2D eigenvalue weighted by Gasteiger charge is -2.34. The Morgan fingerprint density at radius 2 is 1.46 bits per heavy atom. The molecule has 1 fully saturated rings. The van der Waals surface area contributed by atoms with Gasteiger partial charge in [-0.3, -0.25) is 14.6 Å². The molecule has 0 radical (unpaired) electrons. The first-order chi connectivity index (χ1) is 12.6. The van der Waals surface area contributed by atoms with Crippen molar-refractivity contribution in [2.45, 2.75) is 26.4 Å². The molecular formula is C22H29N3O. The number of amides is 1. The molecule has 1 heterocycles. The molecule has 0 aromatic heterocycles. The summed E-state index contributed by atoms with van der Waals surface area (Å²) in [7, 11) is 0. The van der Waals surface area contributed by atoms with Gasteiger partial charge in [-0.15, -0.1) is 0 Å². The number of hydrogen-bond donors (Lipinski definition) is 1. The molecule has 0 atom stereocenters. The highest BCUT2D eigenvalue weighted by molar-refractivity contribution is 5.78. The predicted molar refractivity (Wildman–Crippen MR) is 107 cm³/mol. The van der Waals surface area contributed by atoms with Crippen molar-refractivity contribution < 1.29 is 4.79 Å². The lowest BCUT2D eigenvalue weighted by atomic mass is 10.0. The van der Waals surface area contributed by atoms with Gasteiger partial charge in [-0.05, 0) is 30.5 Å². The number of carbonyl (C=O) groups excluding carboxylic acids is 1. The van der Waals surface area contributed by atoms with Gasteiger partial charge in [0.1, 0.15) is 0 Å². The van der Waals surface area contributed by atoms with E-state index in [1.165, 1.54) is 16.7 Å². The monoisotopic (exact) mass is 351 g/mol. The van der Waals surface area contributed by atoms with Crippen LogP contribution in [-0.4, -0.2) is 54.5 Å². The Hall–Kier alpha value is -2.17. The molecule has 4 heteroatoms. The average molecular weight is 351 g/mol. The van der Waals surface area contributed by atoms with E-state index in [4.69, 9.17) is 0 Å². The van der Waals surface area contributed by atoms with Crippen LogP contribution in [0.1, 0.15) is 19.4 Å². The molecule has 138 valence electrons. The Morgan fingerprint density at radius 3 is 2.08 bits per heavy atom. The van der Waals surface area contributed by atoms with Gasteiger partial charge in [0.05, 0.1) is 6.54 Å². The SMILES string of the molecule is CC(C)NC(=O)CN1CCN(Cc2ccc(-c3ccccc3)cc2)CC1. The van der Waals surface area contributed by atoms with Crippen molar-refractivity contribution >= 4 is 5.91 Å². The summed E-state index contributed by atoms with van der Waals surface area (Å²) < 4.78 is 0. The molecule has 3 rings (SSSR count). The van der Waals surface area contributed by atoms with E-state index in [9.17, 15) is 4.79 Å². The maximum atomic E-state index is 11.9. The second-order valence-corrected chi connectivity index (χ2v) is 7.34. The van der Waals surface area contributed by atoms with E-state index in [1.54, 1.807) is 0 Å². The summed E-state index contributed by atoms with van der Waals surface area (Å²) in [5.74, 6) is 0.130. The number of nitrogens with one attached hydrogen (secondary N) is 1. The van der Waals surface area contributed by atoms with E-state index in [2.05, 4.69) is 63.6 Å². The van der Waals surface area contributed by atoms with Crippen LogP contribution in [0.25, 0.3) is 11.1 Å². The van der Waals surface area contributed by atoms with Gasteiger partial charge in [0, 0.05) is 38.8 Å². The summed E-state index contributed by atoms with van der Waals surface area (Å²) in [5, 5.41) is 2.97. The van der Waals surface area contributed by atoms with E-state index in [0.29, 0.717) is 6.54 Å². The second kappa shape index (κ2) is 8.97. The van der Waals surface area contributed by atoms with Crippen molar-refractivity contribution in [3.63, 3.8) is 0 Å². The second-order valence-electron chi connectivity index (χ2n) is 7.34. The highest BCUT2D eigenvalue weighted by Gasteiger charge is 2.19. The summed E-state index contributed by atoms with van der Waals surface area (Å²) in [6.45, 7) is 9.41. The molecule has 26 heavy (non-hydrogen) atoms. The molecule has 0 spiro atoms. The van der Waals surface area contributed by atoms with Gasteiger partial charge in [0.25, 0.3) is 0 Å². The number of benzene rings is 2. The van der Waals surface area contributed by atoms with Crippen LogP contribution in [0.5, 0.6) is 0 Å². The first-order valence-electron chi connectivity index (χ1n) is 9.48. The molecule has 4 nitrogen and oxygen atoms in total.